The van der Waals surface area contributed by atoms with Crippen LogP contribution in [0.2, 0.25) is 0 Å². The quantitative estimate of drug-likeness (QED) is 0.870. The van der Waals surface area contributed by atoms with Crippen LogP contribution in [0.5, 0.6) is 0 Å². The van der Waals surface area contributed by atoms with Crippen LogP contribution in [0.15, 0.2) is 6.07 Å². The molecule has 4 nitrogen and oxygen atoms in total. The summed E-state index contributed by atoms with van der Waals surface area (Å²) in [6.07, 6.45) is 1.14. The number of piperidine rings is 1. The lowest BCUT2D eigenvalue weighted by atomic mass is 9.94. The van der Waals surface area contributed by atoms with Crippen LogP contribution in [0.1, 0.15) is 44.6 Å². The molecule has 1 saturated heterocycles. The Morgan fingerprint density at radius 3 is 2.72 bits per heavy atom. The first kappa shape index (κ1) is 13.3. The molecule has 2 N–H and O–H groups in total. The summed E-state index contributed by atoms with van der Waals surface area (Å²) >= 11 is 0. The number of hydrogen-bond donors (Lipinski definition) is 1. The number of nitrogens with zero attached hydrogens (tertiary/aromatic N) is 3. The van der Waals surface area contributed by atoms with Gasteiger partial charge in [-0.25, -0.2) is 9.97 Å². The predicted molar refractivity (Wildman–Crippen MR) is 74.8 cm³/mol. The first-order chi connectivity index (χ1) is 8.47. The molecule has 1 aliphatic heterocycles. The fourth-order valence-corrected chi connectivity index (χ4v) is 2.30. The average molecular weight is 248 g/mol. The molecule has 2 rings (SSSR count). The lowest BCUT2D eigenvalue weighted by Crippen LogP contribution is -2.48. The van der Waals surface area contributed by atoms with Gasteiger partial charge in [0.25, 0.3) is 0 Å². The van der Waals surface area contributed by atoms with E-state index in [9.17, 15) is 0 Å². The van der Waals surface area contributed by atoms with Crippen LogP contribution >= 0.6 is 0 Å². The second kappa shape index (κ2) is 5.22. The summed E-state index contributed by atoms with van der Waals surface area (Å²) in [6, 6.07) is 2.31. The Labute approximate surface area is 110 Å². The fourth-order valence-electron chi connectivity index (χ4n) is 2.30. The molecule has 18 heavy (non-hydrogen) atoms. The summed E-state index contributed by atoms with van der Waals surface area (Å²) in [5.74, 6) is 2.93. The van der Waals surface area contributed by atoms with Gasteiger partial charge in [0.05, 0.1) is 0 Å². The van der Waals surface area contributed by atoms with Crippen molar-refractivity contribution in [3.05, 3.63) is 17.6 Å². The van der Waals surface area contributed by atoms with Crippen molar-refractivity contribution in [3.63, 3.8) is 0 Å². The van der Waals surface area contributed by atoms with Gasteiger partial charge in [-0.2, -0.15) is 0 Å². The van der Waals surface area contributed by atoms with Crippen molar-refractivity contribution in [1.82, 2.24) is 9.97 Å². The SMILES string of the molecule is Cc1cc(N2CCC(C)C(N)C2)nc(C(C)C)n1. The van der Waals surface area contributed by atoms with E-state index in [1.54, 1.807) is 0 Å². The Hall–Kier alpha value is -1.16. The van der Waals surface area contributed by atoms with Crippen LogP contribution in [0.3, 0.4) is 0 Å². The van der Waals surface area contributed by atoms with Crippen molar-refractivity contribution in [3.8, 4) is 0 Å². The van der Waals surface area contributed by atoms with Crippen LogP contribution in [0, 0.1) is 12.8 Å². The number of rotatable bonds is 2. The van der Waals surface area contributed by atoms with E-state index < -0.39 is 0 Å². The maximum atomic E-state index is 6.16. The van der Waals surface area contributed by atoms with E-state index in [0.29, 0.717) is 11.8 Å². The van der Waals surface area contributed by atoms with Gasteiger partial charge in [-0.15, -0.1) is 0 Å². The molecule has 4 heteroatoms. The standard InChI is InChI=1S/C14H24N4/c1-9(2)14-16-11(4)7-13(17-14)18-6-5-10(3)12(15)8-18/h7,9-10,12H,5-6,8,15H2,1-4H3. The second-order valence-corrected chi connectivity index (χ2v) is 5.76. The maximum absolute atomic E-state index is 6.16. The van der Waals surface area contributed by atoms with E-state index in [0.717, 1.165) is 36.8 Å². The van der Waals surface area contributed by atoms with Gasteiger partial charge in [0, 0.05) is 36.8 Å². The third-order valence-electron chi connectivity index (χ3n) is 3.71. The number of nitrogens with two attached hydrogens (primary N) is 1. The molecule has 0 spiro atoms. The molecule has 0 radical (unpaired) electrons. The summed E-state index contributed by atoms with van der Waals surface area (Å²) < 4.78 is 0. The molecule has 100 valence electrons. The van der Waals surface area contributed by atoms with E-state index in [1.807, 2.05) is 6.92 Å². The van der Waals surface area contributed by atoms with Crippen molar-refractivity contribution in [1.29, 1.82) is 0 Å². The summed E-state index contributed by atoms with van der Waals surface area (Å²) in [6.45, 7) is 10.5. The summed E-state index contributed by atoms with van der Waals surface area (Å²) in [5.41, 5.74) is 7.19. The number of aryl methyl sites for hydroxylation is 1. The zero-order chi connectivity index (χ0) is 13.3. The Balaban J connectivity index is 2.23. The fraction of sp³-hybridized carbons (Fsp3) is 0.714. The van der Waals surface area contributed by atoms with E-state index in [4.69, 9.17) is 5.73 Å². The highest BCUT2D eigenvalue weighted by Gasteiger charge is 2.24. The van der Waals surface area contributed by atoms with Crippen LogP contribution in [-0.2, 0) is 0 Å². The van der Waals surface area contributed by atoms with Gasteiger partial charge in [0.15, 0.2) is 0 Å². The molecule has 0 bridgehead atoms. The Morgan fingerprint density at radius 1 is 1.39 bits per heavy atom. The van der Waals surface area contributed by atoms with Crippen LogP contribution in [0.25, 0.3) is 0 Å². The second-order valence-electron chi connectivity index (χ2n) is 5.76. The Bertz CT molecular complexity index is 416. The minimum atomic E-state index is 0.247. The van der Waals surface area contributed by atoms with Gasteiger partial charge >= 0.3 is 0 Å². The first-order valence-electron chi connectivity index (χ1n) is 6.83. The van der Waals surface area contributed by atoms with Crippen molar-refractivity contribution in [2.24, 2.45) is 11.7 Å². The van der Waals surface area contributed by atoms with Crippen molar-refractivity contribution >= 4 is 5.82 Å². The van der Waals surface area contributed by atoms with Gasteiger partial charge in [-0.3, -0.25) is 0 Å². The van der Waals surface area contributed by atoms with Gasteiger partial charge in [-0.1, -0.05) is 20.8 Å². The maximum Gasteiger partial charge on any atom is 0.133 e. The average Bonchev–Trinajstić information content (AvgIpc) is 2.31. The topological polar surface area (TPSA) is 55.0 Å². The first-order valence-corrected chi connectivity index (χ1v) is 6.83. The Kier molecular flexibility index (Phi) is 3.85. The van der Waals surface area contributed by atoms with Crippen molar-refractivity contribution in [2.75, 3.05) is 18.0 Å². The molecule has 0 aliphatic carbocycles. The van der Waals surface area contributed by atoms with E-state index in [-0.39, 0.29) is 6.04 Å². The van der Waals surface area contributed by atoms with Crippen molar-refractivity contribution in [2.45, 2.75) is 46.1 Å². The zero-order valence-corrected chi connectivity index (χ0v) is 11.8. The lowest BCUT2D eigenvalue weighted by molar-refractivity contribution is 0.377. The third-order valence-corrected chi connectivity index (χ3v) is 3.71. The smallest absolute Gasteiger partial charge is 0.133 e. The van der Waals surface area contributed by atoms with Gasteiger partial charge in [-0.05, 0) is 19.3 Å². The van der Waals surface area contributed by atoms with Crippen LogP contribution in [0.4, 0.5) is 5.82 Å². The monoisotopic (exact) mass is 248 g/mol. The summed E-state index contributed by atoms with van der Waals surface area (Å²) in [7, 11) is 0. The van der Waals surface area contributed by atoms with Gasteiger partial charge in [0.1, 0.15) is 11.6 Å². The summed E-state index contributed by atoms with van der Waals surface area (Å²) in [5, 5.41) is 0. The molecule has 0 aromatic carbocycles. The minimum absolute atomic E-state index is 0.247. The van der Waals surface area contributed by atoms with Crippen LogP contribution in [-0.4, -0.2) is 29.1 Å². The number of aromatic nitrogens is 2. The highest BCUT2D eigenvalue weighted by Crippen LogP contribution is 2.22. The van der Waals surface area contributed by atoms with E-state index in [1.165, 1.54) is 0 Å². The largest absolute Gasteiger partial charge is 0.355 e. The van der Waals surface area contributed by atoms with E-state index >= 15 is 0 Å². The highest BCUT2D eigenvalue weighted by molar-refractivity contribution is 5.41. The molecule has 1 aromatic heterocycles. The van der Waals surface area contributed by atoms with Gasteiger partial charge in [0.2, 0.25) is 0 Å². The normalized spacial score (nSPS) is 24.7. The zero-order valence-electron chi connectivity index (χ0n) is 11.8. The Morgan fingerprint density at radius 2 is 2.11 bits per heavy atom. The molecule has 1 aliphatic rings. The minimum Gasteiger partial charge on any atom is -0.355 e. The lowest BCUT2D eigenvalue weighted by Gasteiger charge is -2.36. The highest BCUT2D eigenvalue weighted by atomic mass is 15.2. The molecular formula is C14H24N4. The van der Waals surface area contributed by atoms with Gasteiger partial charge < -0.3 is 10.6 Å². The summed E-state index contributed by atoms with van der Waals surface area (Å²) in [4.78, 5) is 11.5. The van der Waals surface area contributed by atoms with Crippen LogP contribution < -0.4 is 10.6 Å². The van der Waals surface area contributed by atoms with E-state index in [2.05, 4.69) is 41.7 Å². The molecule has 1 aromatic rings. The predicted octanol–water partition coefficient (Wildman–Crippen LogP) is 2.08. The molecular weight excluding hydrogens is 224 g/mol. The number of hydrogen-bond acceptors (Lipinski definition) is 4. The molecule has 2 atom stereocenters. The molecule has 0 amide bonds. The molecule has 1 fully saturated rings. The molecule has 2 unspecified atom stereocenters. The molecule has 2 heterocycles. The van der Waals surface area contributed by atoms with Crippen molar-refractivity contribution < 1.29 is 0 Å². The third kappa shape index (κ3) is 2.80. The number of anilines is 1. The molecule has 0 saturated carbocycles.